The Labute approximate surface area is 174 Å². The number of nitrogens with one attached hydrogen (secondary N) is 1. The zero-order valence-electron chi connectivity index (χ0n) is 15.9. The third-order valence-corrected chi connectivity index (χ3v) is 4.91. The summed E-state index contributed by atoms with van der Waals surface area (Å²) < 4.78 is 5.37. The van der Waals surface area contributed by atoms with Crippen LogP contribution < -0.4 is 5.32 Å². The molecule has 146 valence electrons. The second-order valence-electron chi connectivity index (χ2n) is 7.52. The molecule has 5 nitrogen and oxygen atoms in total. The van der Waals surface area contributed by atoms with Gasteiger partial charge in [0.05, 0.1) is 0 Å². The van der Waals surface area contributed by atoms with Crippen LogP contribution in [-0.4, -0.2) is 16.0 Å². The van der Waals surface area contributed by atoms with E-state index in [9.17, 15) is 4.79 Å². The number of halogens is 2. The number of aromatic nitrogens is 2. The molecule has 1 heterocycles. The SMILES string of the molecule is CC(C)(C)C(=O)NCc1ccc(-c2nc(Cc3c(Cl)cccc3Cl)no2)cc1. The molecule has 0 aliphatic carbocycles. The predicted octanol–water partition coefficient (Wildman–Crippen LogP) is 5.30. The maximum Gasteiger partial charge on any atom is 0.257 e. The van der Waals surface area contributed by atoms with Crippen LogP contribution in [0.15, 0.2) is 47.0 Å². The van der Waals surface area contributed by atoms with Crippen molar-refractivity contribution in [3.05, 3.63) is 69.5 Å². The maximum atomic E-state index is 12.0. The van der Waals surface area contributed by atoms with Gasteiger partial charge in [-0.25, -0.2) is 0 Å². The van der Waals surface area contributed by atoms with Gasteiger partial charge in [0.1, 0.15) is 0 Å². The molecule has 2 aromatic carbocycles. The minimum atomic E-state index is -0.412. The van der Waals surface area contributed by atoms with E-state index in [2.05, 4.69) is 15.5 Å². The Morgan fingerprint density at radius 3 is 2.32 bits per heavy atom. The normalized spacial score (nSPS) is 11.5. The first-order chi connectivity index (χ1) is 13.2. The minimum Gasteiger partial charge on any atom is -0.352 e. The van der Waals surface area contributed by atoms with E-state index in [4.69, 9.17) is 27.7 Å². The Morgan fingerprint density at radius 1 is 1.07 bits per heavy atom. The molecule has 3 aromatic rings. The maximum absolute atomic E-state index is 12.0. The molecule has 0 fully saturated rings. The van der Waals surface area contributed by atoms with Gasteiger partial charge in [-0.15, -0.1) is 0 Å². The summed E-state index contributed by atoms with van der Waals surface area (Å²) in [7, 11) is 0. The second-order valence-corrected chi connectivity index (χ2v) is 8.34. The van der Waals surface area contributed by atoms with E-state index in [0.29, 0.717) is 34.7 Å². The number of amides is 1. The fourth-order valence-corrected chi connectivity index (χ4v) is 3.05. The van der Waals surface area contributed by atoms with Gasteiger partial charge in [-0.05, 0) is 35.4 Å². The Bertz CT molecular complexity index is 956. The summed E-state index contributed by atoms with van der Waals surface area (Å²) in [5.74, 6) is 0.936. The Hall–Kier alpha value is -2.37. The third kappa shape index (κ3) is 4.91. The summed E-state index contributed by atoms with van der Waals surface area (Å²) in [5.41, 5.74) is 2.15. The van der Waals surface area contributed by atoms with Crippen LogP contribution in [0.4, 0.5) is 0 Å². The molecular formula is C21H21Cl2N3O2. The summed E-state index contributed by atoms with van der Waals surface area (Å²) in [6.45, 7) is 6.12. The van der Waals surface area contributed by atoms with Crippen molar-refractivity contribution in [2.45, 2.75) is 33.7 Å². The van der Waals surface area contributed by atoms with Crippen LogP contribution in [0, 0.1) is 5.41 Å². The van der Waals surface area contributed by atoms with Gasteiger partial charge < -0.3 is 9.84 Å². The summed E-state index contributed by atoms with van der Waals surface area (Å²) in [4.78, 5) is 16.4. The Kier molecular flexibility index (Phi) is 6.06. The first kappa shape index (κ1) is 20.4. The van der Waals surface area contributed by atoms with Gasteiger partial charge in [0.2, 0.25) is 5.91 Å². The molecule has 0 bridgehead atoms. The lowest BCUT2D eigenvalue weighted by molar-refractivity contribution is -0.128. The molecular weight excluding hydrogens is 397 g/mol. The van der Waals surface area contributed by atoms with Crippen LogP contribution >= 0.6 is 23.2 Å². The monoisotopic (exact) mass is 417 g/mol. The minimum absolute atomic E-state index is 0.0105. The van der Waals surface area contributed by atoms with Crippen molar-refractivity contribution in [3.63, 3.8) is 0 Å². The molecule has 1 N–H and O–H groups in total. The molecule has 0 aliphatic rings. The highest BCUT2D eigenvalue weighted by atomic mass is 35.5. The summed E-state index contributed by atoms with van der Waals surface area (Å²) >= 11 is 12.4. The quantitative estimate of drug-likeness (QED) is 0.611. The van der Waals surface area contributed by atoms with E-state index in [1.165, 1.54) is 0 Å². The van der Waals surface area contributed by atoms with Gasteiger partial charge in [0.25, 0.3) is 5.89 Å². The standard InChI is InChI=1S/C21H21Cl2N3O2/c1-21(2,3)20(27)24-12-13-7-9-14(10-8-13)19-25-18(26-28-19)11-15-16(22)5-4-6-17(15)23/h4-10H,11-12H2,1-3H3,(H,24,27). The van der Waals surface area contributed by atoms with E-state index in [1.54, 1.807) is 18.2 Å². The highest BCUT2D eigenvalue weighted by molar-refractivity contribution is 6.36. The van der Waals surface area contributed by atoms with E-state index < -0.39 is 5.41 Å². The molecule has 28 heavy (non-hydrogen) atoms. The van der Waals surface area contributed by atoms with Crippen molar-refractivity contribution in [1.82, 2.24) is 15.5 Å². The van der Waals surface area contributed by atoms with Gasteiger partial charge in [-0.3, -0.25) is 4.79 Å². The van der Waals surface area contributed by atoms with E-state index in [1.807, 2.05) is 45.0 Å². The molecule has 0 aliphatic heterocycles. The number of carbonyl (C=O) groups excluding carboxylic acids is 1. The molecule has 3 rings (SSSR count). The van der Waals surface area contributed by atoms with E-state index in [-0.39, 0.29) is 5.91 Å². The van der Waals surface area contributed by atoms with Crippen LogP contribution in [0.1, 0.15) is 37.7 Å². The average Bonchev–Trinajstić information content (AvgIpc) is 3.11. The smallest absolute Gasteiger partial charge is 0.257 e. The van der Waals surface area contributed by atoms with Gasteiger partial charge in [0.15, 0.2) is 5.82 Å². The third-order valence-electron chi connectivity index (χ3n) is 4.20. The lowest BCUT2D eigenvalue weighted by Gasteiger charge is -2.17. The molecule has 0 radical (unpaired) electrons. The number of rotatable bonds is 5. The summed E-state index contributed by atoms with van der Waals surface area (Å²) in [6.07, 6.45) is 0.388. The predicted molar refractivity (Wildman–Crippen MR) is 110 cm³/mol. The molecule has 0 unspecified atom stereocenters. The van der Waals surface area contributed by atoms with Gasteiger partial charge in [0, 0.05) is 34.0 Å². The first-order valence-electron chi connectivity index (χ1n) is 8.87. The van der Waals surface area contributed by atoms with Gasteiger partial charge in [-0.2, -0.15) is 4.98 Å². The Balaban J connectivity index is 1.67. The molecule has 0 saturated heterocycles. The van der Waals surface area contributed by atoms with Crippen molar-refractivity contribution >= 4 is 29.1 Å². The van der Waals surface area contributed by atoms with Crippen molar-refractivity contribution in [3.8, 4) is 11.5 Å². The van der Waals surface area contributed by atoms with Gasteiger partial charge >= 0.3 is 0 Å². The lowest BCUT2D eigenvalue weighted by atomic mass is 9.95. The number of hydrogen-bond acceptors (Lipinski definition) is 4. The summed E-state index contributed by atoms with van der Waals surface area (Å²) in [6, 6.07) is 13.0. The molecule has 7 heteroatoms. The second kappa shape index (κ2) is 8.33. The van der Waals surface area contributed by atoms with Crippen molar-refractivity contribution in [2.24, 2.45) is 5.41 Å². The molecule has 1 amide bonds. The largest absolute Gasteiger partial charge is 0.352 e. The van der Waals surface area contributed by atoms with Crippen LogP contribution in [0.5, 0.6) is 0 Å². The van der Waals surface area contributed by atoms with Crippen LogP contribution in [0.3, 0.4) is 0 Å². The average molecular weight is 418 g/mol. The van der Waals surface area contributed by atoms with Gasteiger partial charge in [-0.1, -0.05) is 67.3 Å². The summed E-state index contributed by atoms with van der Waals surface area (Å²) in [5, 5.41) is 8.08. The number of benzene rings is 2. The van der Waals surface area contributed by atoms with Crippen molar-refractivity contribution < 1.29 is 9.32 Å². The highest BCUT2D eigenvalue weighted by Crippen LogP contribution is 2.27. The fraction of sp³-hybridized carbons (Fsp3) is 0.286. The zero-order chi connectivity index (χ0) is 20.3. The van der Waals surface area contributed by atoms with Crippen LogP contribution in [0.25, 0.3) is 11.5 Å². The van der Waals surface area contributed by atoms with Crippen molar-refractivity contribution in [2.75, 3.05) is 0 Å². The number of nitrogens with zero attached hydrogens (tertiary/aromatic N) is 2. The number of hydrogen-bond donors (Lipinski definition) is 1. The fourth-order valence-electron chi connectivity index (χ4n) is 2.52. The molecule has 0 atom stereocenters. The van der Waals surface area contributed by atoms with Crippen LogP contribution in [-0.2, 0) is 17.8 Å². The van der Waals surface area contributed by atoms with Crippen LogP contribution in [0.2, 0.25) is 10.0 Å². The van der Waals surface area contributed by atoms with E-state index >= 15 is 0 Å². The molecule has 0 saturated carbocycles. The molecule has 1 aromatic heterocycles. The first-order valence-corrected chi connectivity index (χ1v) is 9.63. The van der Waals surface area contributed by atoms with Crippen molar-refractivity contribution in [1.29, 1.82) is 0 Å². The topological polar surface area (TPSA) is 68.0 Å². The molecule has 0 spiro atoms. The lowest BCUT2D eigenvalue weighted by Crippen LogP contribution is -2.34. The van der Waals surface area contributed by atoms with E-state index in [0.717, 1.165) is 16.7 Å². The zero-order valence-corrected chi connectivity index (χ0v) is 17.4. The highest BCUT2D eigenvalue weighted by Gasteiger charge is 2.20. The number of carbonyl (C=O) groups is 1. The Morgan fingerprint density at radius 2 is 1.71 bits per heavy atom.